The molecule has 0 saturated carbocycles. The largest absolute Gasteiger partial charge is 0.543 e. The summed E-state index contributed by atoms with van der Waals surface area (Å²) in [4.78, 5) is 11.7. The first-order valence-corrected chi connectivity index (χ1v) is 9.68. The average Bonchev–Trinajstić information content (AvgIpc) is 2.83. The van der Waals surface area contributed by atoms with Gasteiger partial charge >= 0.3 is 0 Å². The van der Waals surface area contributed by atoms with Gasteiger partial charge < -0.3 is 9.41 Å². The molecule has 0 aliphatic carbocycles. The number of aromatic nitrogens is 2. The van der Waals surface area contributed by atoms with Crippen LogP contribution in [0.25, 0.3) is 0 Å². The van der Waals surface area contributed by atoms with Crippen LogP contribution in [0.4, 0.5) is 5.69 Å². The third kappa shape index (κ3) is 3.79. The van der Waals surface area contributed by atoms with E-state index in [9.17, 15) is 0 Å². The molecule has 1 aromatic heterocycles. The van der Waals surface area contributed by atoms with Crippen LogP contribution in [-0.4, -0.2) is 24.0 Å². The Morgan fingerprint density at radius 2 is 2.00 bits per heavy atom. The molecule has 2 aromatic rings. The van der Waals surface area contributed by atoms with Crippen molar-refractivity contribution in [3.05, 3.63) is 42.5 Å². The Bertz CT molecular complexity index is 571. The van der Waals surface area contributed by atoms with Gasteiger partial charge in [-0.2, -0.15) is 0 Å². The fourth-order valence-electron chi connectivity index (χ4n) is 1.66. The van der Waals surface area contributed by atoms with Gasteiger partial charge in [0.05, 0.1) is 23.9 Å². The third-order valence-electron chi connectivity index (χ3n) is 2.46. The molecule has 19 heavy (non-hydrogen) atoms. The number of nitrogens with zero attached hydrogens (tertiary/aromatic N) is 2. The van der Waals surface area contributed by atoms with Crippen molar-refractivity contribution < 1.29 is 4.43 Å². The van der Waals surface area contributed by atoms with Crippen molar-refractivity contribution in [2.45, 2.75) is 26.6 Å². The smallest absolute Gasteiger partial charge is 0.242 e. The Hall–Kier alpha value is -1.88. The van der Waals surface area contributed by atoms with E-state index < -0.39 is 8.32 Å². The first kappa shape index (κ1) is 13.5. The topological polar surface area (TPSA) is 50.3 Å². The maximum absolute atomic E-state index is 6.06. The molecule has 1 aromatic carbocycles. The summed E-state index contributed by atoms with van der Waals surface area (Å²) in [5.74, 6) is 0.848. The standard InChI is InChI=1S/C14H19N3OSi/c1-11(13-9-15-10-16-13)17-12-7-5-6-8-14(12)18-19(2,3)4/h5-10H,1-4H3,(H,15,16). The monoisotopic (exact) mass is 273 g/mol. The zero-order chi connectivity index (χ0) is 13.9. The summed E-state index contributed by atoms with van der Waals surface area (Å²) in [5, 5.41) is 0. The molecule has 2 rings (SSSR count). The van der Waals surface area contributed by atoms with Crippen LogP contribution >= 0.6 is 0 Å². The van der Waals surface area contributed by atoms with Crippen molar-refractivity contribution in [1.29, 1.82) is 0 Å². The normalized spacial score (nSPS) is 12.5. The highest BCUT2D eigenvalue weighted by Crippen LogP contribution is 2.29. The van der Waals surface area contributed by atoms with Gasteiger partial charge in [0, 0.05) is 0 Å². The number of aliphatic imine (C=N–C) groups is 1. The van der Waals surface area contributed by atoms with Crippen LogP contribution < -0.4 is 4.43 Å². The second-order valence-corrected chi connectivity index (χ2v) is 9.77. The van der Waals surface area contributed by atoms with Crippen molar-refractivity contribution >= 4 is 19.7 Å². The third-order valence-corrected chi connectivity index (χ3v) is 3.29. The van der Waals surface area contributed by atoms with Gasteiger partial charge in [0.2, 0.25) is 8.32 Å². The Morgan fingerprint density at radius 3 is 2.63 bits per heavy atom. The number of benzene rings is 1. The zero-order valence-corrected chi connectivity index (χ0v) is 12.8. The van der Waals surface area contributed by atoms with Crippen LogP contribution in [0.2, 0.25) is 19.6 Å². The Balaban J connectivity index is 2.33. The van der Waals surface area contributed by atoms with Crippen molar-refractivity contribution in [3.63, 3.8) is 0 Å². The summed E-state index contributed by atoms with van der Waals surface area (Å²) < 4.78 is 6.06. The molecule has 0 aliphatic heterocycles. The first-order chi connectivity index (χ1) is 8.96. The van der Waals surface area contributed by atoms with Gasteiger partial charge in [-0.1, -0.05) is 12.1 Å². The highest BCUT2D eigenvalue weighted by molar-refractivity contribution is 6.70. The highest BCUT2D eigenvalue weighted by atomic mass is 28.4. The number of hydrogen-bond acceptors (Lipinski definition) is 3. The van der Waals surface area contributed by atoms with E-state index in [0.717, 1.165) is 22.8 Å². The quantitative estimate of drug-likeness (QED) is 0.681. The minimum atomic E-state index is -1.64. The van der Waals surface area contributed by atoms with E-state index in [2.05, 4.69) is 34.6 Å². The van der Waals surface area contributed by atoms with Gasteiger partial charge in [-0.25, -0.2) is 9.98 Å². The Labute approximate surface area is 114 Å². The molecule has 0 aliphatic rings. The highest BCUT2D eigenvalue weighted by Gasteiger charge is 2.18. The molecule has 0 saturated heterocycles. The van der Waals surface area contributed by atoms with E-state index in [-0.39, 0.29) is 0 Å². The maximum atomic E-state index is 6.06. The molecule has 0 unspecified atom stereocenters. The van der Waals surface area contributed by atoms with Gasteiger partial charge in [0.25, 0.3) is 0 Å². The summed E-state index contributed by atoms with van der Waals surface area (Å²) in [6.45, 7) is 8.44. The number of imidazole rings is 1. The van der Waals surface area contributed by atoms with Gasteiger partial charge in [0.15, 0.2) is 0 Å². The van der Waals surface area contributed by atoms with Crippen molar-refractivity contribution in [2.75, 3.05) is 0 Å². The summed E-state index contributed by atoms with van der Waals surface area (Å²) in [6, 6.07) is 7.88. The van der Waals surface area contributed by atoms with Crippen LogP contribution in [0.3, 0.4) is 0 Å². The number of para-hydroxylation sites is 2. The van der Waals surface area contributed by atoms with E-state index in [0.29, 0.717) is 0 Å². The summed E-state index contributed by atoms with van der Waals surface area (Å²) in [5.41, 5.74) is 2.67. The number of nitrogens with one attached hydrogen (secondary N) is 1. The molecule has 1 N–H and O–H groups in total. The predicted octanol–water partition coefficient (Wildman–Crippen LogP) is 3.76. The van der Waals surface area contributed by atoms with E-state index >= 15 is 0 Å². The van der Waals surface area contributed by atoms with E-state index in [1.807, 2.05) is 31.2 Å². The molecule has 1 heterocycles. The molecule has 4 nitrogen and oxygen atoms in total. The van der Waals surface area contributed by atoms with E-state index in [4.69, 9.17) is 4.43 Å². The van der Waals surface area contributed by atoms with Crippen LogP contribution in [0.1, 0.15) is 12.6 Å². The van der Waals surface area contributed by atoms with Gasteiger partial charge in [-0.3, -0.25) is 0 Å². The number of aromatic amines is 1. The number of hydrogen-bond donors (Lipinski definition) is 1. The lowest BCUT2D eigenvalue weighted by molar-refractivity contribution is 0.559. The van der Waals surface area contributed by atoms with Gasteiger partial charge in [0.1, 0.15) is 11.4 Å². The van der Waals surface area contributed by atoms with Crippen LogP contribution in [0, 0.1) is 0 Å². The zero-order valence-electron chi connectivity index (χ0n) is 11.8. The molecule has 0 spiro atoms. The predicted molar refractivity (Wildman–Crippen MR) is 80.9 cm³/mol. The molecule has 5 heteroatoms. The van der Waals surface area contributed by atoms with Crippen LogP contribution in [0.15, 0.2) is 41.8 Å². The van der Waals surface area contributed by atoms with Gasteiger partial charge in [-0.15, -0.1) is 0 Å². The molecule has 0 amide bonds. The lowest BCUT2D eigenvalue weighted by Crippen LogP contribution is -2.29. The second kappa shape index (κ2) is 5.40. The molecule has 100 valence electrons. The molecule has 0 bridgehead atoms. The summed E-state index contributed by atoms with van der Waals surface area (Å²) in [7, 11) is -1.64. The first-order valence-electron chi connectivity index (χ1n) is 6.28. The van der Waals surface area contributed by atoms with E-state index in [1.165, 1.54) is 0 Å². The Kier molecular flexibility index (Phi) is 3.85. The molecule has 0 radical (unpaired) electrons. The fourth-order valence-corrected chi connectivity index (χ4v) is 2.49. The maximum Gasteiger partial charge on any atom is 0.242 e. The lowest BCUT2D eigenvalue weighted by Gasteiger charge is -2.20. The number of rotatable bonds is 4. The molecular weight excluding hydrogens is 254 g/mol. The lowest BCUT2D eigenvalue weighted by atomic mass is 10.2. The van der Waals surface area contributed by atoms with Gasteiger partial charge in [-0.05, 0) is 38.7 Å². The number of H-pyrrole nitrogens is 1. The van der Waals surface area contributed by atoms with Crippen LogP contribution in [-0.2, 0) is 0 Å². The minimum absolute atomic E-state index is 0.848. The fraction of sp³-hybridized carbons (Fsp3) is 0.286. The second-order valence-electron chi connectivity index (χ2n) is 5.34. The minimum Gasteiger partial charge on any atom is -0.543 e. The average molecular weight is 273 g/mol. The SMILES string of the molecule is CC(=Nc1ccccc1O[Si](C)(C)C)c1cnc[nH]1. The Morgan fingerprint density at radius 1 is 1.26 bits per heavy atom. The van der Waals surface area contributed by atoms with E-state index in [1.54, 1.807) is 12.5 Å². The molecule has 0 atom stereocenters. The summed E-state index contributed by atoms with van der Waals surface area (Å²) in [6.07, 6.45) is 3.42. The van der Waals surface area contributed by atoms with Crippen molar-refractivity contribution in [1.82, 2.24) is 9.97 Å². The van der Waals surface area contributed by atoms with Crippen molar-refractivity contribution in [3.8, 4) is 5.75 Å². The van der Waals surface area contributed by atoms with Crippen molar-refractivity contribution in [2.24, 2.45) is 4.99 Å². The molecular formula is C14H19N3OSi. The van der Waals surface area contributed by atoms with Crippen LogP contribution in [0.5, 0.6) is 5.75 Å². The molecule has 0 fully saturated rings. The summed E-state index contributed by atoms with van der Waals surface area (Å²) >= 11 is 0.